The minimum atomic E-state index is -0.720. The zero-order chi connectivity index (χ0) is 28.7. The lowest BCUT2D eigenvalue weighted by atomic mass is 9.90. The van der Waals surface area contributed by atoms with Gasteiger partial charge in [0.25, 0.3) is 11.5 Å². The first-order chi connectivity index (χ1) is 19.9. The number of carbonyl (C=O) groups is 1. The van der Waals surface area contributed by atoms with Crippen molar-refractivity contribution in [3.05, 3.63) is 96.7 Å². The Morgan fingerprint density at radius 3 is 2.61 bits per heavy atom. The first-order valence-electron chi connectivity index (χ1n) is 13.7. The summed E-state index contributed by atoms with van der Waals surface area (Å²) in [5.41, 5.74) is 2.42. The fraction of sp³-hybridized carbons (Fsp3) is 0.281. The van der Waals surface area contributed by atoms with E-state index in [-0.39, 0.29) is 11.5 Å². The first kappa shape index (κ1) is 26.8. The molecule has 1 atom stereocenters. The van der Waals surface area contributed by atoms with Crippen LogP contribution in [-0.4, -0.2) is 48.8 Å². The van der Waals surface area contributed by atoms with Gasteiger partial charge in [0.15, 0.2) is 16.3 Å². The van der Waals surface area contributed by atoms with Crippen LogP contribution in [0.2, 0.25) is 0 Å². The maximum Gasteiger partial charge on any atom is 0.271 e. The predicted molar refractivity (Wildman–Crippen MR) is 160 cm³/mol. The van der Waals surface area contributed by atoms with Crippen molar-refractivity contribution >= 4 is 34.1 Å². The number of rotatable bonds is 6. The molecule has 0 bridgehead atoms. The molecule has 8 nitrogen and oxygen atoms in total. The van der Waals surface area contributed by atoms with Crippen LogP contribution in [0.5, 0.6) is 17.2 Å². The van der Waals surface area contributed by atoms with Crippen LogP contribution in [0.25, 0.3) is 16.8 Å². The molecule has 0 N–H and O–H groups in total. The van der Waals surface area contributed by atoms with Crippen LogP contribution in [0.15, 0.2) is 75.7 Å². The highest BCUT2D eigenvalue weighted by Gasteiger charge is 2.36. The standard InChI is InChI=1S/C32H31N3O5S/c1-5-34(6-2)31(37)27-19(3)33-32-35(29(27)28-22-10-8-7-9-21(22)12-14-24(28)38-4)30(36)26(41-32)18-20-11-13-23-25(17-20)40-16-15-39-23/h7-14,17-18,29H,5-6,15-16H2,1-4H3/b26-18+/t29-/m1/s1. The number of thiazole rings is 1. The quantitative estimate of drug-likeness (QED) is 0.350. The van der Waals surface area contributed by atoms with Crippen LogP contribution in [0, 0.1) is 0 Å². The molecule has 0 spiro atoms. The van der Waals surface area contributed by atoms with Crippen molar-refractivity contribution in [3.63, 3.8) is 0 Å². The summed E-state index contributed by atoms with van der Waals surface area (Å²) in [6, 6.07) is 16.8. The molecule has 2 aliphatic rings. The molecular formula is C32H31N3O5S. The first-order valence-corrected chi connectivity index (χ1v) is 14.5. The topological polar surface area (TPSA) is 82.4 Å². The minimum Gasteiger partial charge on any atom is -0.496 e. The van der Waals surface area contributed by atoms with Gasteiger partial charge in [-0.25, -0.2) is 4.99 Å². The number of allylic oxidation sites excluding steroid dienone is 1. The van der Waals surface area contributed by atoms with E-state index < -0.39 is 6.04 Å². The summed E-state index contributed by atoms with van der Waals surface area (Å²) < 4.78 is 19.4. The van der Waals surface area contributed by atoms with Gasteiger partial charge in [0.2, 0.25) is 0 Å². The van der Waals surface area contributed by atoms with E-state index in [0.29, 0.717) is 64.2 Å². The highest BCUT2D eigenvalue weighted by Crippen LogP contribution is 2.40. The maximum absolute atomic E-state index is 14.2. The summed E-state index contributed by atoms with van der Waals surface area (Å²) >= 11 is 1.31. The second kappa shape index (κ2) is 10.9. The molecule has 2 aliphatic heterocycles. The molecule has 3 heterocycles. The molecule has 1 aromatic heterocycles. The number of benzene rings is 3. The number of likely N-dealkylation sites (N-methyl/N-ethyl adjacent to an activating group) is 1. The monoisotopic (exact) mass is 569 g/mol. The molecule has 0 fully saturated rings. The average Bonchev–Trinajstić information content (AvgIpc) is 3.30. The van der Waals surface area contributed by atoms with Gasteiger partial charge < -0.3 is 19.1 Å². The van der Waals surface area contributed by atoms with Crippen LogP contribution in [0.4, 0.5) is 0 Å². The molecule has 210 valence electrons. The van der Waals surface area contributed by atoms with Crippen molar-refractivity contribution in [1.82, 2.24) is 9.47 Å². The fourth-order valence-corrected chi connectivity index (χ4v) is 6.63. The van der Waals surface area contributed by atoms with Crippen molar-refractivity contribution in [3.8, 4) is 17.2 Å². The maximum atomic E-state index is 14.2. The Bertz CT molecular complexity index is 1880. The molecule has 0 unspecified atom stereocenters. The van der Waals surface area contributed by atoms with Gasteiger partial charge in [-0.1, -0.05) is 47.7 Å². The smallest absolute Gasteiger partial charge is 0.271 e. The van der Waals surface area contributed by atoms with E-state index in [1.54, 1.807) is 16.6 Å². The SMILES string of the molecule is CCN(CC)C(=O)C1=C(C)N=c2s/c(=C/c3ccc4c(c3)OCCO4)c(=O)n2[C@H]1c1c(OC)ccc2ccccc12. The summed E-state index contributed by atoms with van der Waals surface area (Å²) in [4.78, 5) is 35.4. The second-order valence-electron chi connectivity index (χ2n) is 9.86. The molecule has 9 heteroatoms. The number of amides is 1. The summed E-state index contributed by atoms with van der Waals surface area (Å²) in [5.74, 6) is 1.80. The van der Waals surface area contributed by atoms with Crippen LogP contribution in [0.3, 0.4) is 0 Å². The molecule has 3 aromatic carbocycles. The van der Waals surface area contributed by atoms with Gasteiger partial charge in [-0.2, -0.15) is 0 Å². The largest absolute Gasteiger partial charge is 0.496 e. The van der Waals surface area contributed by atoms with E-state index >= 15 is 0 Å². The van der Waals surface area contributed by atoms with Gasteiger partial charge in [-0.15, -0.1) is 0 Å². The van der Waals surface area contributed by atoms with E-state index in [9.17, 15) is 9.59 Å². The Morgan fingerprint density at radius 1 is 1.10 bits per heavy atom. The number of ether oxygens (including phenoxy) is 3. The van der Waals surface area contributed by atoms with Crippen LogP contribution in [-0.2, 0) is 4.79 Å². The highest BCUT2D eigenvalue weighted by molar-refractivity contribution is 7.07. The Labute approximate surface area is 241 Å². The number of carbonyl (C=O) groups excluding carboxylic acids is 1. The van der Waals surface area contributed by atoms with Crippen molar-refractivity contribution < 1.29 is 19.0 Å². The minimum absolute atomic E-state index is 0.141. The number of methoxy groups -OCH3 is 1. The summed E-state index contributed by atoms with van der Waals surface area (Å²) in [7, 11) is 1.61. The third-order valence-electron chi connectivity index (χ3n) is 7.59. The molecule has 0 saturated heterocycles. The Morgan fingerprint density at radius 2 is 1.85 bits per heavy atom. The number of hydrogen-bond donors (Lipinski definition) is 0. The van der Waals surface area contributed by atoms with E-state index in [2.05, 4.69) is 0 Å². The van der Waals surface area contributed by atoms with E-state index in [4.69, 9.17) is 19.2 Å². The lowest BCUT2D eigenvalue weighted by molar-refractivity contribution is -0.127. The normalized spacial score (nSPS) is 16.4. The zero-order valence-electron chi connectivity index (χ0n) is 23.5. The number of fused-ring (bicyclic) bond motifs is 3. The van der Waals surface area contributed by atoms with E-state index in [1.165, 1.54) is 11.3 Å². The zero-order valence-corrected chi connectivity index (χ0v) is 24.3. The Kier molecular flexibility index (Phi) is 7.13. The van der Waals surface area contributed by atoms with Gasteiger partial charge in [-0.3, -0.25) is 14.2 Å². The van der Waals surface area contributed by atoms with Crippen molar-refractivity contribution in [2.24, 2.45) is 4.99 Å². The third-order valence-corrected chi connectivity index (χ3v) is 8.57. The molecule has 41 heavy (non-hydrogen) atoms. The van der Waals surface area contributed by atoms with Crippen molar-refractivity contribution in [2.45, 2.75) is 26.8 Å². The van der Waals surface area contributed by atoms with E-state index in [1.807, 2.05) is 81.4 Å². The molecule has 1 amide bonds. The summed E-state index contributed by atoms with van der Waals surface area (Å²) in [5, 5.41) is 1.91. The third kappa shape index (κ3) is 4.60. The molecule has 0 saturated carbocycles. The van der Waals surface area contributed by atoms with Crippen molar-refractivity contribution in [2.75, 3.05) is 33.4 Å². The van der Waals surface area contributed by atoms with Gasteiger partial charge >= 0.3 is 0 Å². The molecule has 0 aliphatic carbocycles. The van der Waals surface area contributed by atoms with Crippen molar-refractivity contribution in [1.29, 1.82) is 0 Å². The molecule has 0 radical (unpaired) electrons. The average molecular weight is 570 g/mol. The second-order valence-corrected chi connectivity index (χ2v) is 10.9. The molecular weight excluding hydrogens is 538 g/mol. The fourth-order valence-electron chi connectivity index (χ4n) is 5.59. The number of hydrogen-bond acceptors (Lipinski definition) is 7. The van der Waals surface area contributed by atoms with Crippen LogP contribution in [0.1, 0.15) is 37.9 Å². The highest BCUT2D eigenvalue weighted by atomic mass is 32.1. The van der Waals surface area contributed by atoms with Gasteiger partial charge in [0, 0.05) is 18.7 Å². The number of nitrogens with zero attached hydrogens (tertiary/aromatic N) is 3. The predicted octanol–water partition coefficient (Wildman–Crippen LogP) is 4.04. The molecule has 4 aromatic rings. The van der Waals surface area contributed by atoms with Gasteiger partial charge in [0.1, 0.15) is 25.0 Å². The Balaban J connectivity index is 1.62. The lowest BCUT2D eigenvalue weighted by Gasteiger charge is -2.30. The van der Waals surface area contributed by atoms with Crippen LogP contribution >= 0.6 is 11.3 Å². The Hall–Kier alpha value is -4.37. The van der Waals surface area contributed by atoms with Gasteiger partial charge in [0.05, 0.1) is 22.9 Å². The van der Waals surface area contributed by atoms with E-state index in [0.717, 1.165) is 21.9 Å². The summed E-state index contributed by atoms with van der Waals surface area (Å²) in [6.07, 6.45) is 1.84. The number of aromatic nitrogens is 1. The lowest BCUT2D eigenvalue weighted by Crippen LogP contribution is -2.43. The van der Waals surface area contributed by atoms with Crippen LogP contribution < -0.4 is 29.1 Å². The van der Waals surface area contributed by atoms with Gasteiger partial charge in [-0.05, 0) is 61.4 Å². The summed E-state index contributed by atoms with van der Waals surface area (Å²) in [6.45, 7) is 7.82. The molecule has 6 rings (SSSR count).